The van der Waals surface area contributed by atoms with Crippen LogP contribution in [0.3, 0.4) is 0 Å². The Balaban J connectivity index is 3.35. The molecule has 0 unspecified atom stereocenters. The fraction of sp³-hybridized carbons (Fsp3) is 0.800. The van der Waals surface area contributed by atoms with Crippen molar-refractivity contribution in [1.82, 2.24) is 0 Å². The third-order valence-corrected chi connectivity index (χ3v) is 3.20. The molecule has 0 amide bonds. The highest BCUT2D eigenvalue weighted by atomic mass is 33.1. The molecular formula is C10H18O4S2. The number of carbonyl (C=O) groups is 2. The Kier molecular flexibility index (Phi) is 8.56. The van der Waals surface area contributed by atoms with Crippen molar-refractivity contribution in [2.75, 3.05) is 11.9 Å². The molecule has 0 aliphatic carbocycles. The molecule has 0 N–H and O–H groups in total. The molecule has 0 aromatic rings. The quantitative estimate of drug-likeness (QED) is 0.306. The lowest BCUT2D eigenvalue weighted by Gasteiger charge is -2.07. The highest BCUT2D eigenvalue weighted by molar-refractivity contribution is 8.76. The van der Waals surface area contributed by atoms with Crippen molar-refractivity contribution in [3.8, 4) is 0 Å². The Morgan fingerprint density at radius 3 is 1.44 bits per heavy atom. The smallest absolute Gasteiger partial charge is 0.309 e. The molecule has 0 aromatic heterocycles. The molecule has 0 saturated heterocycles. The van der Waals surface area contributed by atoms with Crippen LogP contribution >= 0.6 is 21.6 Å². The maximum absolute atomic E-state index is 11.0. The van der Waals surface area contributed by atoms with Crippen molar-refractivity contribution in [3.05, 3.63) is 0 Å². The zero-order chi connectivity index (χ0) is 12.6. The third kappa shape index (κ3) is 7.87. The van der Waals surface area contributed by atoms with E-state index in [1.807, 2.05) is 0 Å². The summed E-state index contributed by atoms with van der Waals surface area (Å²) in [5.74, 6) is -0.0877. The molecule has 16 heavy (non-hydrogen) atoms. The summed E-state index contributed by atoms with van der Waals surface area (Å²) in [4.78, 5) is 22.1. The van der Waals surface area contributed by atoms with Gasteiger partial charge in [0, 0.05) is 0 Å². The number of ether oxygens (including phenoxy) is 2. The van der Waals surface area contributed by atoms with E-state index in [9.17, 15) is 9.59 Å². The molecule has 0 heterocycles. The first kappa shape index (κ1) is 15.6. The topological polar surface area (TPSA) is 52.6 Å². The summed E-state index contributed by atoms with van der Waals surface area (Å²) < 4.78 is 9.84. The number of hydrogen-bond acceptors (Lipinski definition) is 6. The molecule has 0 aliphatic rings. The lowest BCUT2D eigenvalue weighted by atomic mass is 10.2. The Morgan fingerprint density at radius 2 is 1.19 bits per heavy atom. The van der Waals surface area contributed by atoms with Crippen LogP contribution in [0.4, 0.5) is 0 Å². The summed E-state index contributed by atoms with van der Waals surface area (Å²) in [6.07, 6.45) is 0. The highest BCUT2D eigenvalue weighted by Crippen LogP contribution is 2.21. The predicted octanol–water partition coefficient (Wildman–Crippen LogP) is 2.68. The summed E-state index contributed by atoms with van der Waals surface area (Å²) in [7, 11) is 2.70. The van der Waals surface area contributed by atoms with E-state index >= 15 is 0 Å². The molecule has 4 nitrogen and oxygen atoms in total. The van der Waals surface area contributed by atoms with Gasteiger partial charge in [-0.2, -0.15) is 0 Å². The number of rotatable bonds is 7. The normalized spacial score (nSPS) is 10.6. The van der Waals surface area contributed by atoms with Crippen molar-refractivity contribution in [3.63, 3.8) is 0 Å². The van der Waals surface area contributed by atoms with Gasteiger partial charge in [0.1, 0.15) is 11.9 Å². The fourth-order valence-electron chi connectivity index (χ4n) is 0.566. The average Bonchev–Trinajstić information content (AvgIpc) is 2.21. The van der Waals surface area contributed by atoms with Crippen molar-refractivity contribution >= 4 is 33.5 Å². The van der Waals surface area contributed by atoms with E-state index in [1.165, 1.54) is 21.6 Å². The molecule has 94 valence electrons. The van der Waals surface area contributed by atoms with E-state index in [0.717, 1.165) is 0 Å². The van der Waals surface area contributed by atoms with E-state index in [-0.39, 0.29) is 35.7 Å². The molecule has 6 heteroatoms. The van der Waals surface area contributed by atoms with Gasteiger partial charge in [-0.1, -0.05) is 27.7 Å². The van der Waals surface area contributed by atoms with Gasteiger partial charge in [0.15, 0.2) is 0 Å². The van der Waals surface area contributed by atoms with Gasteiger partial charge in [-0.05, 0) is 21.6 Å². The van der Waals surface area contributed by atoms with Crippen molar-refractivity contribution in [2.24, 2.45) is 11.8 Å². The maximum Gasteiger partial charge on any atom is 0.309 e. The molecule has 0 spiro atoms. The Hall–Kier alpha value is -0.360. The molecule has 0 aliphatic heterocycles. The largest absolute Gasteiger partial charge is 0.454 e. The minimum atomic E-state index is -0.215. The second-order valence-corrected chi connectivity index (χ2v) is 6.06. The van der Waals surface area contributed by atoms with Crippen LogP contribution in [-0.4, -0.2) is 23.8 Å². The third-order valence-electron chi connectivity index (χ3n) is 1.52. The lowest BCUT2D eigenvalue weighted by molar-refractivity contribution is -0.145. The molecule has 0 fully saturated rings. The van der Waals surface area contributed by atoms with Crippen LogP contribution in [0, 0.1) is 11.8 Å². The fourth-order valence-corrected chi connectivity index (χ4v) is 1.73. The molecular weight excluding hydrogens is 248 g/mol. The number of carbonyl (C=O) groups excluding carboxylic acids is 2. The minimum Gasteiger partial charge on any atom is -0.454 e. The second-order valence-electron chi connectivity index (χ2n) is 3.71. The van der Waals surface area contributed by atoms with Crippen LogP contribution < -0.4 is 0 Å². The Bertz CT molecular complexity index is 205. The van der Waals surface area contributed by atoms with Gasteiger partial charge in [-0.25, -0.2) is 0 Å². The SMILES string of the molecule is CC(C)C(=O)OCSSCOC(=O)C(C)C. The Morgan fingerprint density at radius 1 is 0.875 bits per heavy atom. The average molecular weight is 266 g/mol. The molecule has 0 atom stereocenters. The summed E-state index contributed by atoms with van der Waals surface area (Å²) in [6, 6.07) is 0. The first-order chi connectivity index (χ1) is 7.45. The molecule has 0 radical (unpaired) electrons. The zero-order valence-electron chi connectivity index (χ0n) is 10.0. The predicted molar refractivity (Wildman–Crippen MR) is 66.8 cm³/mol. The van der Waals surface area contributed by atoms with E-state index in [4.69, 9.17) is 9.47 Å². The minimum absolute atomic E-state index is 0.107. The number of esters is 2. The summed E-state index contributed by atoms with van der Waals surface area (Å²) in [5.41, 5.74) is 0. The molecule has 0 bridgehead atoms. The number of hydrogen-bond donors (Lipinski definition) is 0. The summed E-state index contributed by atoms with van der Waals surface area (Å²) >= 11 is 0. The van der Waals surface area contributed by atoms with E-state index in [1.54, 1.807) is 27.7 Å². The van der Waals surface area contributed by atoms with Gasteiger partial charge in [-0.15, -0.1) is 0 Å². The lowest BCUT2D eigenvalue weighted by Crippen LogP contribution is -2.11. The first-order valence-electron chi connectivity index (χ1n) is 5.02. The second kappa shape index (κ2) is 8.75. The highest BCUT2D eigenvalue weighted by Gasteiger charge is 2.09. The molecule has 0 saturated carbocycles. The van der Waals surface area contributed by atoms with Crippen molar-refractivity contribution in [2.45, 2.75) is 27.7 Å². The van der Waals surface area contributed by atoms with Crippen LogP contribution in [0.15, 0.2) is 0 Å². The van der Waals surface area contributed by atoms with Gasteiger partial charge in [-0.3, -0.25) is 9.59 Å². The zero-order valence-corrected chi connectivity index (χ0v) is 11.7. The summed E-state index contributed by atoms with van der Waals surface area (Å²) in [5, 5.41) is 0. The Labute approximate surface area is 104 Å². The van der Waals surface area contributed by atoms with Crippen LogP contribution in [-0.2, 0) is 19.1 Å². The monoisotopic (exact) mass is 266 g/mol. The van der Waals surface area contributed by atoms with E-state index in [2.05, 4.69) is 0 Å². The van der Waals surface area contributed by atoms with Gasteiger partial charge in [0.05, 0.1) is 11.8 Å². The van der Waals surface area contributed by atoms with Crippen LogP contribution in [0.2, 0.25) is 0 Å². The maximum atomic E-state index is 11.0. The van der Waals surface area contributed by atoms with E-state index < -0.39 is 0 Å². The molecule has 0 aromatic carbocycles. The summed E-state index contributed by atoms with van der Waals surface area (Å²) in [6.45, 7) is 7.13. The van der Waals surface area contributed by atoms with Crippen molar-refractivity contribution in [1.29, 1.82) is 0 Å². The van der Waals surface area contributed by atoms with Gasteiger partial charge in [0.25, 0.3) is 0 Å². The van der Waals surface area contributed by atoms with Gasteiger partial charge in [0.2, 0.25) is 0 Å². The van der Waals surface area contributed by atoms with Crippen LogP contribution in [0.5, 0.6) is 0 Å². The van der Waals surface area contributed by atoms with Crippen LogP contribution in [0.1, 0.15) is 27.7 Å². The van der Waals surface area contributed by atoms with Gasteiger partial charge >= 0.3 is 11.9 Å². The van der Waals surface area contributed by atoms with Crippen LogP contribution in [0.25, 0.3) is 0 Å². The van der Waals surface area contributed by atoms with Crippen molar-refractivity contribution < 1.29 is 19.1 Å². The van der Waals surface area contributed by atoms with E-state index in [0.29, 0.717) is 0 Å². The van der Waals surface area contributed by atoms with Gasteiger partial charge < -0.3 is 9.47 Å². The first-order valence-corrected chi connectivity index (χ1v) is 7.51. The molecule has 0 rings (SSSR count). The standard InChI is InChI=1S/C10H18O4S2/c1-7(2)9(11)13-5-15-16-6-14-10(12)8(3)4/h7-8H,5-6H2,1-4H3.